The SMILES string of the molecule is CCC(CCl)NCC1Cc2cc(F)ccc2O1. The molecule has 0 saturated heterocycles. The topological polar surface area (TPSA) is 21.3 Å². The zero-order valence-electron chi connectivity index (χ0n) is 9.88. The quantitative estimate of drug-likeness (QED) is 0.819. The maximum absolute atomic E-state index is 13.0. The van der Waals surface area contributed by atoms with Crippen LogP contribution >= 0.6 is 11.6 Å². The number of rotatable bonds is 5. The molecule has 1 aliphatic heterocycles. The zero-order valence-corrected chi connectivity index (χ0v) is 10.6. The number of alkyl halides is 1. The van der Waals surface area contributed by atoms with Crippen molar-refractivity contribution < 1.29 is 9.13 Å². The van der Waals surface area contributed by atoms with Crippen LogP contribution in [0, 0.1) is 5.82 Å². The van der Waals surface area contributed by atoms with Crippen molar-refractivity contribution in [1.82, 2.24) is 5.32 Å². The zero-order chi connectivity index (χ0) is 12.3. The van der Waals surface area contributed by atoms with E-state index in [0.29, 0.717) is 11.9 Å². The molecule has 1 N–H and O–H groups in total. The van der Waals surface area contributed by atoms with Gasteiger partial charge in [-0.05, 0) is 24.6 Å². The molecular formula is C13H17ClFNO. The molecule has 1 aromatic carbocycles. The van der Waals surface area contributed by atoms with Gasteiger partial charge >= 0.3 is 0 Å². The average Bonchev–Trinajstić information content (AvgIpc) is 2.72. The second-order valence-electron chi connectivity index (χ2n) is 4.36. The summed E-state index contributed by atoms with van der Waals surface area (Å²) in [6.45, 7) is 2.85. The largest absolute Gasteiger partial charge is 0.488 e. The fourth-order valence-electron chi connectivity index (χ4n) is 2.01. The van der Waals surface area contributed by atoms with Gasteiger partial charge in [-0.1, -0.05) is 6.92 Å². The molecule has 1 heterocycles. The predicted octanol–water partition coefficient (Wildman–Crippen LogP) is 2.74. The summed E-state index contributed by atoms with van der Waals surface area (Å²) < 4.78 is 18.8. The number of halogens is 2. The molecule has 0 saturated carbocycles. The third kappa shape index (κ3) is 3.11. The molecule has 2 rings (SSSR count). The number of benzene rings is 1. The number of ether oxygens (including phenoxy) is 1. The molecule has 1 aliphatic rings. The normalized spacial score (nSPS) is 19.8. The minimum absolute atomic E-state index is 0.0871. The van der Waals surface area contributed by atoms with E-state index in [1.54, 1.807) is 12.1 Å². The Balaban J connectivity index is 1.88. The molecule has 0 aromatic heterocycles. The Morgan fingerprint density at radius 2 is 2.41 bits per heavy atom. The van der Waals surface area contributed by atoms with Crippen LogP contribution in [0.25, 0.3) is 0 Å². The van der Waals surface area contributed by atoms with Gasteiger partial charge in [0.15, 0.2) is 0 Å². The Morgan fingerprint density at radius 3 is 3.12 bits per heavy atom. The molecule has 0 bridgehead atoms. The van der Waals surface area contributed by atoms with E-state index in [9.17, 15) is 4.39 Å². The first-order chi connectivity index (χ1) is 8.22. The van der Waals surface area contributed by atoms with Crippen LogP contribution in [0.2, 0.25) is 0 Å². The van der Waals surface area contributed by atoms with Gasteiger partial charge < -0.3 is 10.1 Å². The Morgan fingerprint density at radius 1 is 1.59 bits per heavy atom. The van der Waals surface area contributed by atoms with E-state index < -0.39 is 0 Å². The molecule has 0 aliphatic carbocycles. The lowest BCUT2D eigenvalue weighted by Gasteiger charge is -2.17. The Bertz CT molecular complexity index is 382. The standard InChI is InChI=1S/C13H17ClFNO/c1-2-11(7-14)16-8-12-6-9-5-10(15)3-4-13(9)17-12/h3-5,11-12,16H,2,6-8H2,1H3. The summed E-state index contributed by atoms with van der Waals surface area (Å²) in [4.78, 5) is 0. The van der Waals surface area contributed by atoms with Crippen LogP contribution in [-0.4, -0.2) is 24.6 Å². The van der Waals surface area contributed by atoms with Gasteiger partial charge in [0.1, 0.15) is 17.7 Å². The van der Waals surface area contributed by atoms with Crippen molar-refractivity contribution in [2.24, 2.45) is 0 Å². The van der Waals surface area contributed by atoms with Crippen LogP contribution in [0.4, 0.5) is 4.39 Å². The summed E-state index contributed by atoms with van der Waals surface area (Å²) >= 11 is 5.81. The van der Waals surface area contributed by atoms with E-state index in [1.165, 1.54) is 6.07 Å². The number of hydrogen-bond acceptors (Lipinski definition) is 2. The summed E-state index contributed by atoms with van der Waals surface area (Å²) in [5.74, 6) is 1.20. The maximum Gasteiger partial charge on any atom is 0.123 e. The van der Waals surface area contributed by atoms with Gasteiger partial charge in [0.25, 0.3) is 0 Å². The van der Waals surface area contributed by atoms with Crippen LogP contribution in [-0.2, 0) is 6.42 Å². The monoisotopic (exact) mass is 257 g/mol. The lowest BCUT2D eigenvalue weighted by Crippen LogP contribution is -2.38. The second-order valence-corrected chi connectivity index (χ2v) is 4.67. The molecule has 0 amide bonds. The minimum Gasteiger partial charge on any atom is -0.488 e. The summed E-state index contributed by atoms with van der Waals surface area (Å²) in [6.07, 6.45) is 1.85. The molecule has 17 heavy (non-hydrogen) atoms. The highest BCUT2D eigenvalue weighted by molar-refractivity contribution is 6.18. The van der Waals surface area contributed by atoms with Gasteiger partial charge in [-0.25, -0.2) is 4.39 Å². The van der Waals surface area contributed by atoms with Crippen LogP contribution in [0.5, 0.6) is 5.75 Å². The van der Waals surface area contributed by atoms with Crippen LogP contribution in [0.3, 0.4) is 0 Å². The molecule has 0 radical (unpaired) electrons. The predicted molar refractivity (Wildman–Crippen MR) is 67.3 cm³/mol. The van der Waals surface area contributed by atoms with E-state index in [-0.39, 0.29) is 11.9 Å². The van der Waals surface area contributed by atoms with Gasteiger partial charge in [-0.3, -0.25) is 0 Å². The van der Waals surface area contributed by atoms with E-state index in [1.807, 2.05) is 0 Å². The van der Waals surface area contributed by atoms with Crippen molar-refractivity contribution in [2.45, 2.75) is 31.9 Å². The average molecular weight is 258 g/mol. The maximum atomic E-state index is 13.0. The summed E-state index contributed by atoms with van der Waals surface area (Å²) in [5.41, 5.74) is 0.954. The third-order valence-corrected chi connectivity index (χ3v) is 3.45. The molecule has 2 atom stereocenters. The van der Waals surface area contributed by atoms with Gasteiger partial charge in [-0.2, -0.15) is 0 Å². The molecule has 4 heteroatoms. The van der Waals surface area contributed by atoms with Gasteiger partial charge in [-0.15, -0.1) is 11.6 Å². The van der Waals surface area contributed by atoms with Gasteiger partial charge in [0, 0.05) is 30.5 Å². The Hall–Kier alpha value is -0.800. The lowest BCUT2D eigenvalue weighted by atomic mass is 10.1. The first-order valence-corrected chi connectivity index (χ1v) is 6.50. The van der Waals surface area contributed by atoms with Gasteiger partial charge in [0.05, 0.1) is 0 Å². The number of nitrogens with one attached hydrogen (secondary N) is 1. The first kappa shape index (κ1) is 12.7. The Kier molecular flexibility index (Phi) is 4.24. The van der Waals surface area contributed by atoms with Crippen molar-refractivity contribution in [2.75, 3.05) is 12.4 Å². The fourth-order valence-corrected chi connectivity index (χ4v) is 2.34. The summed E-state index contributed by atoms with van der Waals surface area (Å²) in [5, 5.41) is 3.36. The molecule has 1 aromatic rings. The van der Waals surface area contributed by atoms with Crippen molar-refractivity contribution in [3.63, 3.8) is 0 Å². The summed E-state index contributed by atoms with van der Waals surface area (Å²) in [7, 11) is 0. The molecule has 2 nitrogen and oxygen atoms in total. The van der Waals surface area contributed by atoms with Crippen molar-refractivity contribution >= 4 is 11.6 Å². The van der Waals surface area contributed by atoms with E-state index in [2.05, 4.69) is 12.2 Å². The Labute approximate surface area is 106 Å². The van der Waals surface area contributed by atoms with E-state index >= 15 is 0 Å². The van der Waals surface area contributed by atoms with Crippen molar-refractivity contribution in [3.05, 3.63) is 29.6 Å². The first-order valence-electron chi connectivity index (χ1n) is 5.97. The smallest absolute Gasteiger partial charge is 0.123 e. The minimum atomic E-state index is -0.201. The highest BCUT2D eigenvalue weighted by Gasteiger charge is 2.23. The fraction of sp³-hybridized carbons (Fsp3) is 0.538. The van der Waals surface area contributed by atoms with E-state index in [0.717, 1.165) is 30.7 Å². The van der Waals surface area contributed by atoms with Gasteiger partial charge in [0.2, 0.25) is 0 Å². The van der Waals surface area contributed by atoms with Crippen LogP contribution in [0.1, 0.15) is 18.9 Å². The van der Waals surface area contributed by atoms with Crippen molar-refractivity contribution in [3.8, 4) is 5.75 Å². The van der Waals surface area contributed by atoms with Crippen LogP contribution in [0.15, 0.2) is 18.2 Å². The molecular weight excluding hydrogens is 241 g/mol. The highest BCUT2D eigenvalue weighted by atomic mass is 35.5. The number of fused-ring (bicyclic) bond motifs is 1. The third-order valence-electron chi connectivity index (χ3n) is 3.08. The van der Waals surface area contributed by atoms with Crippen LogP contribution < -0.4 is 10.1 Å². The highest BCUT2D eigenvalue weighted by Crippen LogP contribution is 2.28. The lowest BCUT2D eigenvalue weighted by molar-refractivity contribution is 0.222. The molecule has 2 unspecified atom stereocenters. The van der Waals surface area contributed by atoms with E-state index in [4.69, 9.17) is 16.3 Å². The number of hydrogen-bond donors (Lipinski definition) is 1. The molecule has 94 valence electrons. The van der Waals surface area contributed by atoms with Crippen molar-refractivity contribution in [1.29, 1.82) is 0 Å². The molecule has 0 spiro atoms. The molecule has 0 fully saturated rings. The summed E-state index contributed by atoms with van der Waals surface area (Å²) in [6, 6.07) is 5.00. The second kappa shape index (κ2) is 5.69.